The molecule has 5 heteroatoms. The lowest BCUT2D eigenvalue weighted by Crippen LogP contribution is -2.28. The van der Waals surface area contributed by atoms with Crippen molar-refractivity contribution in [1.82, 2.24) is 10.2 Å². The maximum absolute atomic E-state index is 6.04. The molecule has 0 aliphatic carbocycles. The highest BCUT2D eigenvalue weighted by Gasteiger charge is 2.27. The van der Waals surface area contributed by atoms with Gasteiger partial charge in [-0.3, -0.25) is 0 Å². The molecule has 1 N–H and O–H groups in total. The Morgan fingerprint density at radius 3 is 2.76 bits per heavy atom. The van der Waals surface area contributed by atoms with E-state index in [4.69, 9.17) is 4.74 Å². The van der Waals surface area contributed by atoms with E-state index >= 15 is 0 Å². The average molecular weight is 303 g/mol. The standard InChI is InChI=1S/C16H21N3OS/c1-11-5-7-13(8-6-11)15-14(4-3-9-20-15)10-17-16-19-18-12(2)21-16/h5-8,14-15H,3-4,9-10H2,1-2H3,(H,17,19). The molecule has 112 valence electrons. The first-order valence-electron chi connectivity index (χ1n) is 7.44. The molecule has 2 atom stereocenters. The van der Waals surface area contributed by atoms with Crippen molar-refractivity contribution in [2.45, 2.75) is 32.8 Å². The lowest BCUT2D eigenvalue weighted by atomic mass is 9.89. The second-order valence-electron chi connectivity index (χ2n) is 5.61. The summed E-state index contributed by atoms with van der Waals surface area (Å²) in [4.78, 5) is 0. The number of nitrogens with zero attached hydrogens (tertiary/aromatic N) is 2. The summed E-state index contributed by atoms with van der Waals surface area (Å²) in [5, 5.41) is 13.5. The molecular weight excluding hydrogens is 282 g/mol. The SMILES string of the molecule is Cc1ccc(C2OCCCC2CNc2nnc(C)s2)cc1. The second-order valence-corrected chi connectivity index (χ2v) is 6.79. The Morgan fingerprint density at radius 1 is 1.24 bits per heavy atom. The zero-order valence-electron chi connectivity index (χ0n) is 12.5. The van der Waals surface area contributed by atoms with Crippen LogP contribution in [0, 0.1) is 19.8 Å². The van der Waals surface area contributed by atoms with Gasteiger partial charge in [-0.1, -0.05) is 41.2 Å². The summed E-state index contributed by atoms with van der Waals surface area (Å²) in [5.74, 6) is 0.477. The number of hydrogen-bond donors (Lipinski definition) is 1. The fraction of sp³-hybridized carbons (Fsp3) is 0.500. The van der Waals surface area contributed by atoms with Gasteiger partial charge in [0.15, 0.2) is 0 Å². The van der Waals surface area contributed by atoms with Crippen LogP contribution < -0.4 is 5.32 Å². The van der Waals surface area contributed by atoms with Gasteiger partial charge in [0, 0.05) is 19.1 Å². The zero-order chi connectivity index (χ0) is 14.7. The van der Waals surface area contributed by atoms with Gasteiger partial charge in [0.25, 0.3) is 0 Å². The highest BCUT2D eigenvalue weighted by molar-refractivity contribution is 7.15. The number of hydrogen-bond acceptors (Lipinski definition) is 5. The molecule has 0 bridgehead atoms. The van der Waals surface area contributed by atoms with Crippen LogP contribution in [0.5, 0.6) is 0 Å². The third-order valence-corrected chi connectivity index (χ3v) is 4.69. The minimum absolute atomic E-state index is 0.181. The molecule has 21 heavy (non-hydrogen) atoms. The molecule has 0 radical (unpaired) electrons. The van der Waals surface area contributed by atoms with Gasteiger partial charge >= 0.3 is 0 Å². The van der Waals surface area contributed by atoms with E-state index in [1.54, 1.807) is 11.3 Å². The first kappa shape index (κ1) is 14.5. The van der Waals surface area contributed by atoms with Crippen molar-refractivity contribution in [3.05, 3.63) is 40.4 Å². The molecule has 0 spiro atoms. The number of aromatic nitrogens is 2. The molecule has 2 heterocycles. The second kappa shape index (κ2) is 6.54. The summed E-state index contributed by atoms with van der Waals surface area (Å²) in [6.07, 6.45) is 2.49. The molecule has 2 unspecified atom stereocenters. The predicted octanol–water partition coefficient (Wildman–Crippen LogP) is 3.73. The van der Waals surface area contributed by atoms with Crippen molar-refractivity contribution in [2.75, 3.05) is 18.5 Å². The van der Waals surface area contributed by atoms with Crippen molar-refractivity contribution < 1.29 is 4.74 Å². The smallest absolute Gasteiger partial charge is 0.205 e. The third-order valence-electron chi connectivity index (χ3n) is 3.89. The van der Waals surface area contributed by atoms with Gasteiger partial charge in [-0.15, -0.1) is 10.2 Å². The van der Waals surface area contributed by atoms with Gasteiger partial charge in [0.1, 0.15) is 5.01 Å². The number of aryl methyl sites for hydroxylation is 2. The quantitative estimate of drug-likeness (QED) is 0.935. The number of benzene rings is 1. The third kappa shape index (κ3) is 3.60. The Balaban J connectivity index is 1.67. The lowest BCUT2D eigenvalue weighted by Gasteiger charge is -2.32. The van der Waals surface area contributed by atoms with Gasteiger partial charge in [-0.2, -0.15) is 0 Å². The first-order chi connectivity index (χ1) is 10.2. The number of ether oxygens (including phenoxy) is 1. The average Bonchev–Trinajstić information content (AvgIpc) is 2.92. The highest BCUT2D eigenvalue weighted by Crippen LogP contribution is 2.34. The van der Waals surface area contributed by atoms with Crippen LogP contribution in [0.3, 0.4) is 0 Å². The molecule has 1 aromatic heterocycles. The van der Waals surface area contributed by atoms with Crippen LogP contribution in [0.2, 0.25) is 0 Å². The highest BCUT2D eigenvalue weighted by atomic mass is 32.1. The summed E-state index contributed by atoms with van der Waals surface area (Å²) < 4.78 is 6.04. The molecule has 1 fully saturated rings. The number of anilines is 1. The minimum atomic E-state index is 0.181. The van der Waals surface area contributed by atoms with Crippen LogP contribution >= 0.6 is 11.3 Å². The summed E-state index contributed by atoms with van der Waals surface area (Å²) in [6, 6.07) is 8.69. The first-order valence-corrected chi connectivity index (χ1v) is 8.26. The van der Waals surface area contributed by atoms with Crippen LogP contribution in [0.25, 0.3) is 0 Å². The van der Waals surface area contributed by atoms with E-state index in [9.17, 15) is 0 Å². The van der Waals surface area contributed by atoms with Gasteiger partial charge in [0.2, 0.25) is 5.13 Å². The number of nitrogens with one attached hydrogen (secondary N) is 1. The molecule has 4 nitrogen and oxygen atoms in total. The molecular formula is C16H21N3OS. The molecule has 1 saturated heterocycles. The van der Waals surface area contributed by atoms with Crippen LogP contribution in [0.15, 0.2) is 24.3 Å². The topological polar surface area (TPSA) is 47.0 Å². The van der Waals surface area contributed by atoms with Crippen LogP contribution in [-0.4, -0.2) is 23.3 Å². The van der Waals surface area contributed by atoms with Gasteiger partial charge < -0.3 is 10.1 Å². The van der Waals surface area contributed by atoms with Crippen LogP contribution in [-0.2, 0) is 4.74 Å². The largest absolute Gasteiger partial charge is 0.373 e. The molecule has 0 saturated carbocycles. The van der Waals surface area contributed by atoms with Crippen LogP contribution in [0.1, 0.15) is 35.1 Å². The summed E-state index contributed by atoms with van der Waals surface area (Å²) >= 11 is 1.60. The minimum Gasteiger partial charge on any atom is -0.373 e. The zero-order valence-corrected chi connectivity index (χ0v) is 13.3. The Hall–Kier alpha value is -1.46. The fourth-order valence-electron chi connectivity index (χ4n) is 2.76. The van der Waals surface area contributed by atoms with E-state index in [-0.39, 0.29) is 6.10 Å². The maximum Gasteiger partial charge on any atom is 0.205 e. The van der Waals surface area contributed by atoms with Gasteiger partial charge in [-0.25, -0.2) is 0 Å². The summed E-state index contributed by atoms with van der Waals surface area (Å²) in [5.41, 5.74) is 2.56. The predicted molar refractivity (Wildman–Crippen MR) is 85.7 cm³/mol. The molecule has 3 rings (SSSR count). The monoisotopic (exact) mass is 303 g/mol. The van der Waals surface area contributed by atoms with Gasteiger partial charge in [0.05, 0.1) is 6.10 Å². The van der Waals surface area contributed by atoms with Crippen molar-refractivity contribution in [3.8, 4) is 0 Å². The summed E-state index contributed by atoms with van der Waals surface area (Å²) in [6.45, 7) is 5.82. The molecule has 1 aromatic carbocycles. The van der Waals surface area contributed by atoms with E-state index < -0.39 is 0 Å². The maximum atomic E-state index is 6.04. The van der Waals surface area contributed by atoms with Crippen molar-refractivity contribution in [3.63, 3.8) is 0 Å². The normalized spacial score (nSPS) is 22.2. The number of rotatable bonds is 4. The molecule has 1 aliphatic heterocycles. The molecule has 1 aliphatic rings. The van der Waals surface area contributed by atoms with Gasteiger partial charge in [-0.05, 0) is 32.3 Å². The van der Waals surface area contributed by atoms with E-state index in [2.05, 4.69) is 46.7 Å². The Labute approximate surface area is 129 Å². The molecule has 2 aromatic rings. The van der Waals surface area contributed by atoms with E-state index in [1.807, 2.05) is 6.92 Å². The van der Waals surface area contributed by atoms with E-state index in [1.165, 1.54) is 17.5 Å². The Kier molecular flexibility index (Phi) is 4.51. The Morgan fingerprint density at radius 2 is 2.05 bits per heavy atom. The van der Waals surface area contributed by atoms with Crippen molar-refractivity contribution in [1.29, 1.82) is 0 Å². The van der Waals surface area contributed by atoms with E-state index in [0.29, 0.717) is 5.92 Å². The van der Waals surface area contributed by atoms with Crippen molar-refractivity contribution >= 4 is 16.5 Å². The van der Waals surface area contributed by atoms with E-state index in [0.717, 1.165) is 29.7 Å². The molecule has 0 amide bonds. The summed E-state index contributed by atoms with van der Waals surface area (Å²) in [7, 11) is 0. The lowest BCUT2D eigenvalue weighted by molar-refractivity contribution is -0.0238. The Bertz CT molecular complexity index is 581. The van der Waals surface area contributed by atoms with Crippen LogP contribution in [0.4, 0.5) is 5.13 Å². The van der Waals surface area contributed by atoms with Crippen molar-refractivity contribution in [2.24, 2.45) is 5.92 Å². The fourth-order valence-corrected chi connectivity index (χ4v) is 3.36.